The molecule has 9 heteroatoms. The summed E-state index contributed by atoms with van der Waals surface area (Å²) in [4.78, 5) is 31.5. The summed E-state index contributed by atoms with van der Waals surface area (Å²) in [5, 5.41) is 8.88. The maximum absolute atomic E-state index is 13.8. The van der Waals surface area contributed by atoms with Gasteiger partial charge in [-0.15, -0.1) is 0 Å². The summed E-state index contributed by atoms with van der Waals surface area (Å²) in [6.07, 6.45) is 3.16. The highest BCUT2D eigenvalue weighted by Crippen LogP contribution is 2.19. The smallest absolute Gasteiger partial charge is 0.356 e. The van der Waals surface area contributed by atoms with Crippen molar-refractivity contribution < 1.29 is 18.7 Å². The van der Waals surface area contributed by atoms with Gasteiger partial charge in [0.25, 0.3) is 5.56 Å². The lowest BCUT2D eigenvalue weighted by Gasteiger charge is -2.14. The Morgan fingerprint density at radius 3 is 2.48 bits per heavy atom. The zero-order valence-electron chi connectivity index (χ0n) is 15.3. The number of hydrogen-bond donors (Lipinski definition) is 1. The summed E-state index contributed by atoms with van der Waals surface area (Å²) in [5.41, 5.74) is 1.71. The molecule has 0 aliphatic carbocycles. The number of nitrogens with zero attached hydrogens (tertiary/aromatic N) is 3. The Kier molecular flexibility index (Phi) is 6.17. The first-order valence-corrected chi connectivity index (χ1v) is 9.42. The molecule has 2 heterocycles. The van der Waals surface area contributed by atoms with Gasteiger partial charge in [0.15, 0.2) is 5.69 Å². The monoisotopic (exact) mass is 463 g/mol. The molecule has 0 amide bonds. The number of carbonyl (C=O) groups is 1. The number of aromatic nitrogens is 3. The maximum atomic E-state index is 13.8. The Bertz CT molecular complexity index is 1130. The van der Waals surface area contributed by atoms with Crippen LogP contribution in [-0.2, 0) is 19.4 Å². The van der Waals surface area contributed by atoms with Crippen molar-refractivity contribution in [3.05, 3.63) is 91.3 Å². The van der Waals surface area contributed by atoms with E-state index in [-0.39, 0.29) is 17.8 Å². The summed E-state index contributed by atoms with van der Waals surface area (Å²) < 4.78 is 28.7. The number of pyridine rings is 1. The van der Waals surface area contributed by atoms with Crippen molar-refractivity contribution in [2.45, 2.75) is 26.3 Å². The van der Waals surface area contributed by atoms with E-state index in [0.717, 1.165) is 12.3 Å². The lowest BCUT2D eigenvalue weighted by Crippen LogP contribution is -2.25. The van der Waals surface area contributed by atoms with Crippen LogP contribution in [0.3, 0.4) is 0 Å². The molecule has 0 saturated heterocycles. The molecule has 3 rings (SSSR count). The molecule has 150 valence electrons. The third kappa shape index (κ3) is 4.73. The van der Waals surface area contributed by atoms with E-state index in [0.29, 0.717) is 39.8 Å². The molecular weight excluding hydrogens is 448 g/mol. The van der Waals surface area contributed by atoms with Gasteiger partial charge in [-0.25, -0.2) is 18.6 Å². The van der Waals surface area contributed by atoms with E-state index in [1.165, 1.54) is 22.9 Å². The molecule has 0 aliphatic heterocycles. The van der Waals surface area contributed by atoms with Gasteiger partial charge in [-0.05, 0) is 59.0 Å². The van der Waals surface area contributed by atoms with Crippen LogP contribution in [-0.4, -0.2) is 25.6 Å². The van der Waals surface area contributed by atoms with E-state index in [4.69, 9.17) is 5.11 Å². The minimum atomic E-state index is -1.18. The van der Waals surface area contributed by atoms with Crippen molar-refractivity contribution in [1.29, 1.82) is 0 Å². The molecule has 0 fully saturated rings. The second-order valence-electron chi connectivity index (χ2n) is 6.45. The van der Waals surface area contributed by atoms with Gasteiger partial charge in [0.2, 0.25) is 0 Å². The summed E-state index contributed by atoms with van der Waals surface area (Å²) >= 11 is 3.31. The first-order chi connectivity index (χ1) is 13.8. The predicted molar refractivity (Wildman–Crippen MR) is 105 cm³/mol. The van der Waals surface area contributed by atoms with Crippen LogP contribution in [0.15, 0.2) is 45.9 Å². The lowest BCUT2D eigenvalue weighted by atomic mass is 10.0. The summed E-state index contributed by atoms with van der Waals surface area (Å²) in [7, 11) is 0. The molecule has 0 unspecified atom stereocenters. The van der Waals surface area contributed by atoms with Crippen molar-refractivity contribution in [3.63, 3.8) is 0 Å². The van der Waals surface area contributed by atoms with Crippen LogP contribution < -0.4 is 5.56 Å². The first kappa shape index (κ1) is 20.8. The average molecular weight is 464 g/mol. The molecule has 3 aromatic rings. The Balaban J connectivity index is 1.82. The van der Waals surface area contributed by atoms with Crippen LogP contribution in [0.2, 0.25) is 0 Å². The number of carboxylic acid groups (broad SMARTS) is 1. The molecule has 6 nitrogen and oxygen atoms in total. The van der Waals surface area contributed by atoms with Crippen molar-refractivity contribution in [1.82, 2.24) is 14.5 Å². The largest absolute Gasteiger partial charge is 0.476 e. The van der Waals surface area contributed by atoms with E-state index in [2.05, 4.69) is 25.9 Å². The highest BCUT2D eigenvalue weighted by molar-refractivity contribution is 9.10. The molecule has 0 saturated carbocycles. The quantitative estimate of drug-likeness (QED) is 0.604. The Hall–Kier alpha value is -2.94. The standard InChI is InChI=1S/C20H16BrF2N3O3/c1-11-6-13(3-2-12-4-5-14(22)7-16(12)23)18(21)19(27)26(11)10-15-8-25-17(9-24-15)20(28)29/h4-9H,2-3,10H2,1H3,(H,28,29). The fourth-order valence-corrected chi connectivity index (χ4v) is 3.42. The molecule has 0 radical (unpaired) electrons. The molecule has 2 aromatic heterocycles. The Morgan fingerprint density at radius 1 is 1.14 bits per heavy atom. The van der Waals surface area contributed by atoms with Gasteiger partial charge in [-0.1, -0.05) is 6.07 Å². The van der Waals surface area contributed by atoms with Gasteiger partial charge in [0.05, 0.1) is 29.1 Å². The number of aryl methyl sites for hydroxylation is 3. The van der Waals surface area contributed by atoms with Crippen LogP contribution in [0.5, 0.6) is 0 Å². The average Bonchev–Trinajstić information content (AvgIpc) is 2.68. The predicted octanol–water partition coefficient (Wildman–Crippen LogP) is 3.52. The minimum Gasteiger partial charge on any atom is -0.476 e. The van der Waals surface area contributed by atoms with Gasteiger partial charge in [-0.2, -0.15) is 0 Å². The molecule has 29 heavy (non-hydrogen) atoms. The lowest BCUT2D eigenvalue weighted by molar-refractivity contribution is 0.0690. The van der Waals surface area contributed by atoms with Crippen molar-refractivity contribution in [2.24, 2.45) is 0 Å². The van der Waals surface area contributed by atoms with Crippen molar-refractivity contribution in [2.75, 3.05) is 0 Å². The van der Waals surface area contributed by atoms with E-state index in [9.17, 15) is 18.4 Å². The molecule has 0 spiro atoms. The maximum Gasteiger partial charge on any atom is 0.356 e. The first-order valence-electron chi connectivity index (χ1n) is 8.63. The van der Waals surface area contributed by atoms with E-state index in [1.807, 2.05) is 6.07 Å². The highest BCUT2D eigenvalue weighted by Gasteiger charge is 2.14. The van der Waals surface area contributed by atoms with Crippen LogP contribution in [0.25, 0.3) is 0 Å². The second kappa shape index (κ2) is 8.60. The fraction of sp³-hybridized carbons (Fsp3) is 0.200. The van der Waals surface area contributed by atoms with Gasteiger partial charge >= 0.3 is 5.97 Å². The number of carboxylic acids is 1. The Morgan fingerprint density at radius 2 is 1.86 bits per heavy atom. The van der Waals surface area contributed by atoms with E-state index >= 15 is 0 Å². The summed E-state index contributed by atoms with van der Waals surface area (Å²) in [6.45, 7) is 1.89. The van der Waals surface area contributed by atoms with Crippen LogP contribution >= 0.6 is 15.9 Å². The van der Waals surface area contributed by atoms with E-state index < -0.39 is 17.6 Å². The molecular formula is C20H16BrF2N3O3. The van der Waals surface area contributed by atoms with Crippen molar-refractivity contribution in [3.8, 4) is 0 Å². The highest BCUT2D eigenvalue weighted by atomic mass is 79.9. The van der Waals surface area contributed by atoms with Crippen LogP contribution in [0, 0.1) is 18.6 Å². The molecule has 0 atom stereocenters. The van der Waals surface area contributed by atoms with Gasteiger partial charge in [0, 0.05) is 11.8 Å². The van der Waals surface area contributed by atoms with Crippen molar-refractivity contribution >= 4 is 21.9 Å². The SMILES string of the molecule is Cc1cc(CCc2ccc(F)cc2F)c(Br)c(=O)n1Cc1cnc(C(=O)O)cn1. The number of rotatable bonds is 6. The minimum absolute atomic E-state index is 0.128. The number of halogens is 3. The normalized spacial score (nSPS) is 10.9. The zero-order valence-corrected chi connectivity index (χ0v) is 16.9. The van der Waals surface area contributed by atoms with Gasteiger partial charge in [0.1, 0.15) is 11.6 Å². The third-order valence-corrected chi connectivity index (χ3v) is 5.30. The number of benzene rings is 1. The third-order valence-electron chi connectivity index (χ3n) is 4.45. The molecule has 0 aliphatic rings. The number of aromatic carboxylic acids is 1. The van der Waals surface area contributed by atoms with Crippen LogP contribution in [0.4, 0.5) is 8.78 Å². The number of hydrogen-bond acceptors (Lipinski definition) is 4. The zero-order chi connectivity index (χ0) is 21.1. The molecule has 0 bridgehead atoms. The summed E-state index contributed by atoms with van der Waals surface area (Å²) in [6, 6.07) is 5.25. The Labute approximate surface area is 173 Å². The second-order valence-corrected chi connectivity index (χ2v) is 7.24. The fourth-order valence-electron chi connectivity index (χ4n) is 2.89. The van der Waals surface area contributed by atoms with Crippen LogP contribution in [0.1, 0.15) is 33.0 Å². The molecule has 1 aromatic carbocycles. The van der Waals surface area contributed by atoms with Gasteiger partial charge in [-0.3, -0.25) is 9.78 Å². The van der Waals surface area contributed by atoms with E-state index in [1.54, 1.807) is 6.92 Å². The molecule has 1 N–H and O–H groups in total. The van der Waals surface area contributed by atoms with Gasteiger partial charge < -0.3 is 9.67 Å². The summed E-state index contributed by atoms with van der Waals surface area (Å²) in [5.74, 6) is -2.43. The topological polar surface area (TPSA) is 85.1 Å².